The second-order valence-corrected chi connectivity index (χ2v) is 4.53. The molecule has 0 fully saturated rings. The summed E-state index contributed by atoms with van der Waals surface area (Å²) < 4.78 is 4.93. The average molecular weight is 313 g/mol. The predicted molar refractivity (Wildman–Crippen MR) is 81.1 cm³/mol. The fraction of sp³-hybridized carbons (Fsp3) is 0.286. The van der Waals surface area contributed by atoms with E-state index in [-0.39, 0.29) is 16.3 Å². The first-order valence-corrected chi connectivity index (χ1v) is 6.56. The van der Waals surface area contributed by atoms with Crippen molar-refractivity contribution in [2.45, 2.75) is 0 Å². The molecular formula is C14H17ClN2O4. The van der Waals surface area contributed by atoms with Gasteiger partial charge in [-0.05, 0) is 12.1 Å². The number of benzene rings is 1. The molecule has 1 aromatic carbocycles. The van der Waals surface area contributed by atoms with Crippen molar-refractivity contribution in [1.82, 2.24) is 4.90 Å². The number of amides is 2. The Kier molecular flexibility index (Phi) is 6.71. The number of carboxylic acids is 1. The van der Waals surface area contributed by atoms with Gasteiger partial charge in [0.15, 0.2) is 0 Å². The van der Waals surface area contributed by atoms with E-state index in [1.54, 1.807) is 12.1 Å². The van der Waals surface area contributed by atoms with Gasteiger partial charge < -0.3 is 20.1 Å². The molecule has 6 nitrogen and oxygen atoms in total. The summed E-state index contributed by atoms with van der Waals surface area (Å²) in [4.78, 5) is 24.8. The molecule has 0 bridgehead atoms. The second kappa shape index (κ2) is 8.28. The van der Waals surface area contributed by atoms with Gasteiger partial charge in [-0.1, -0.05) is 23.7 Å². The van der Waals surface area contributed by atoms with Crippen molar-refractivity contribution in [2.24, 2.45) is 0 Å². The molecule has 0 saturated heterocycles. The van der Waals surface area contributed by atoms with Gasteiger partial charge >= 0.3 is 12.0 Å². The zero-order chi connectivity index (χ0) is 15.8. The van der Waals surface area contributed by atoms with Crippen LogP contribution in [0.25, 0.3) is 0 Å². The lowest BCUT2D eigenvalue weighted by Gasteiger charge is -2.21. The Morgan fingerprint density at radius 2 is 2.24 bits per heavy atom. The van der Waals surface area contributed by atoms with Gasteiger partial charge in [0, 0.05) is 20.2 Å². The smallest absolute Gasteiger partial charge is 0.339 e. The van der Waals surface area contributed by atoms with Crippen LogP contribution in [0, 0.1) is 0 Å². The first-order chi connectivity index (χ1) is 10.0. The summed E-state index contributed by atoms with van der Waals surface area (Å²) in [5.74, 6) is -1.21. The molecule has 0 atom stereocenters. The highest BCUT2D eigenvalue weighted by Crippen LogP contribution is 2.24. The van der Waals surface area contributed by atoms with E-state index < -0.39 is 12.0 Å². The normalized spacial score (nSPS) is 10.0. The third-order valence-electron chi connectivity index (χ3n) is 2.67. The summed E-state index contributed by atoms with van der Waals surface area (Å²) in [6.45, 7) is 4.62. The van der Waals surface area contributed by atoms with Gasteiger partial charge in [0.05, 0.1) is 17.3 Å². The van der Waals surface area contributed by atoms with Gasteiger partial charge in [0.1, 0.15) is 5.56 Å². The number of carbonyl (C=O) groups excluding carboxylic acids is 1. The maximum absolute atomic E-state index is 12.2. The zero-order valence-electron chi connectivity index (χ0n) is 11.6. The molecule has 1 rings (SSSR count). The highest BCUT2D eigenvalue weighted by molar-refractivity contribution is 6.34. The van der Waals surface area contributed by atoms with E-state index in [9.17, 15) is 9.59 Å². The molecule has 0 heterocycles. The highest BCUT2D eigenvalue weighted by atomic mass is 35.5. The van der Waals surface area contributed by atoms with Crippen LogP contribution in [0.4, 0.5) is 10.5 Å². The predicted octanol–water partition coefficient (Wildman–Crippen LogP) is 2.70. The topological polar surface area (TPSA) is 78.9 Å². The lowest BCUT2D eigenvalue weighted by molar-refractivity contribution is 0.0698. The molecule has 0 radical (unpaired) electrons. The molecule has 0 aliphatic carbocycles. The molecule has 0 saturated carbocycles. The van der Waals surface area contributed by atoms with Gasteiger partial charge in [-0.2, -0.15) is 0 Å². The van der Waals surface area contributed by atoms with Crippen molar-refractivity contribution < 1.29 is 19.4 Å². The molecule has 0 aliphatic rings. The van der Waals surface area contributed by atoms with E-state index in [2.05, 4.69) is 11.9 Å². The maximum Gasteiger partial charge on any atom is 0.339 e. The Bertz CT molecular complexity index is 534. The molecule has 2 amide bonds. The van der Waals surface area contributed by atoms with Crippen molar-refractivity contribution in [3.05, 3.63) is 41.4 Å². The summed E-state index contributed by atoms with van der Waals surface area (Å²) in [5, 5.41) is 11.8. The third kappa shape index (κ3) is 4.77. The van der Waals surface area contributed by atoms with Crippen LogP contribution in [-0.2, 0) is 4.74 Å². The minimum atomic E-state index is -1.21. The van der Waals surface area contributed by atoms with E-state index in [1.807, 2.05) is 0 Å². The molecular weight excluding hydrogens is 296 g/mol. The summed E-state index contributed by atoms with van der Waals surface area (Å²) in [6.07, 6.45) is 1.57. The number of urea groups is 1. The van der Waals surface area contributed by atoms with Crippen molar-refractivity contribution in [3.8, 4) is 0 Å². The first kappa shape index (κ1) is 17.0. The summed E-state index contributed by atoms with van der Waals surface area (Å²) in [6, 6.07) is 4.05. The lowest BCUT2D eigenvalue weighted by atomic mass is 10.2. The van der Waals surface area contributed by atoms with Gasteiger partial charge in [-0.15, -0.1) is 6.58 Å². The zero-order valence-corrected chi connectivity index (χ0v) is 12.4. The highest BCUT2D eigenvalue weighted by Gasteiger charge is 2.18. The quantitative estimate of drug-likeness (QED) is 0.759. The van der Waals surface area contributed by atoms with Crippen LogP contribution in [0.15, 0.2) is 30.9 Å². The maximum atomic E-state index is 12.2. The molecule has 114 valence electrons. The summed E-state index contributed by atoms with van der Waals surface area (Å²) in [7, 11) is 1.53. The summed E-state index contributed by atoms with van der Waals surface area (Å²) in [5.41, 5.74) is 0.00397. The van der Waals surface area contributed by atoms with Crippen LogP contribution in [0.5, 0.6) is 0 Å². The van der Waals surface area contributed by atoms with Crippen LogP contribution < -0.4 is 5.32 Å². The Morgan fingerprint density at radius 1 is 1.52 bits per heavy atom. The van der Waals surface area contributed by atoms with Crippen LogP contribution in [0.2, 0.25) is 5.02 Å². The molecule has 0 spiro atoms. The van der Waals surface area contributed by atoms with Crippen LogP contribution >= 0.6 is 11.6 Å². The van der Waals surface area contributed by atoms with Gasteiger partial charge in [0.25, 0.3) is 0 Å². The monoisotopic (exact) mass is 312 g/mol. The van der Waals surface area contributed by atoms with Gasteiger partial charge in [0.2, 0.25) is 0 Å². The largest absolute Gasteiger partial charge is 0.478 e. The number of hydrogen-bond acceptors (Lipinski definition) is 3. The van der Waals surface area contributed by atoms with Crippen LogP contribution in [-0.4, -0.2) is 48.8 Å². The van der Waals surface area contributed by atoms with E-state index in [0.29, 0.717) is 19.7 Å². The van der Waals surface area contributed by atoms with Crippen molar-refractivity contribution in [3.63, 3.8) is 0 Å². The number of carbonyl (C=O) groups is 2. The molecule has 0 aliphatic heterocycles. The van der Waals surface area contributed by atoms with E-state index >= 15 is 0 Å². The number of methoxy groups -OCH3 is 1. The number of hydrogen-bond donors (Lipinski definition) is 2. The lowest BCUT2D eigenvalue weighted by Crippen LogP contribution is -2.37. The third-order valence-corrected chi connectivity index (χ3v) is 2.99. The SMILES string of the molecule is C=CCN(CCOC)C(=O)Nc1cccc(Cl)c1C(=O)O. The van der Waals surface area contributed by atoms with E-state index in [1.165, 1.54) is 24.1 Å². The number of halogens is 1. The van der Waals surface area contributed by atoms with E-state index in [0.717, 1.165) is 0 Å². The molecule has 0 aromatic heterocycles. The van der Waals surface area contributed by atoms with Crippen molar-refractivity contribution >= 4 is 29.3 Å². The Balaban J connectivity index is 2.93. The fourth-order valence-electron chi connectivity index (χ4n) is 1.67. The number of anilines is 1. The van der Waals surface area contributed by atoms with Crippen molar-refractivity contribution in [2.75, 3.05) is 32.1 Å². The van der Waals surface area contributed by atoms with Crippen LogP contribution in [0.1, 0.15) is 10.4 Å². The van der Waals surface area contributed by atoms with Crippen molar-refractivity contribution in [1.29, 1.82) is 0 Å². The van der Waals surface area contributed by atoms with Gasteiger partial charge in [-0.25, -0.2) is 9.59 Å². The number of nitrogens with zero attached hydrogens (tertiary/aromatic N) is 1. The second-order valence-electron chi connectivity index (χ2n) is 4.13. The minimum absolute atomic E-state index is 0.0625. The molecule has 1 aromatic rings. The Morgan fingerprint density at radius 3 is 2.81 bits per heavy atom. The number of rotatable bonds is 7. The molecule has 21 heavy (non-hydrogen) atoms. The Labute approximate surface area is 128 Å². The molecule has 0 unspecified atom stereocenters. The average Bonchev–Trinajstić information content (AvgIpc) is 2.43. The Hall–Kier alpha value is -2.05. The molecule has 2 N–H and O–H groups in total. The fourth-order valence-corrected chi connectivity index (χ4v) is 1.93. The minimum Gasteiger partial charge on any atom is -0.478 e. The number of ether oxygens (including phenoxy) is 1. The summed E-state index contributed by atoms with van der Waals surface area (Å²) >= 11 is 5.85. The van der Waals surface area contributed by atoms with Gasteiger partial charge in [-0.3, -0.25) is 0 Å². The van der Waals surface area contributed by atoms with Crippen LogP contribution in [0.3, 0.4) is 0 Å². The first-order valence-electron chi connectivity index (χ1n) is 6.18. The number of aromatic carboxylic acids is 1. The standard InChI is InChI=1S/C14H17ClN2O4/c1-3-7-17(8-9-21-2)14(20)16-11-6-4-5-10(15)12(11)13(18)19/h3-6H,1,7-9H2,2H3,(H,16,20)(H,18,19). The number of nitrogens with one attached hydrogen (secondary N) is 1. The number of carboxylic acid groups (broad SMARTS) is 1. The molecule has 7 heteroatoms. The van der Waals surface area contributed by atoms with E-state index in [4.69, 9.17) is 21.4 Å².